The van der Waals surface area contributed by atoms with Gasteiger partial charge in [0.25, 0.3) is 0 Å². The highest BCUT2D eigenvalue weighted by Crippen LogP contribution is 2.19. The Hall–Kier alpha value is -1.07. The van der Waals surface area contributed by atoms with Crippen molar-refractivity contribution in [2.75, 3.05) is 0 Å². The molecule has 0 spiro atoms. The minimum Gasteiger partial charge on any atom is -0.292 e. The summed E-state index contributed by atoms with van der Waals surface area (Å²) in [5.41, 5.74) is 1.41. The van der Waals surface area contributed by atoms with Crippen LogP contribution in [-0.2, 0) is 6.42 Å². The van der Waals surface area contributed by atoms with Gasteiger partial charge in [0.1, 0.15) is 5.69 Å². The van der Waals surface area contributed by atoms with Crippen LogP contribution < -0.4 is 0 Å². The number of Topliss-reactive ketones (excluding diaryl/α,β-unsaturated/α-hetero) is 1. The topological polar surface area (TPSA) is 42.9 Å². The first-order valence-electron chi connectivity index (χ1n) is 4.29. The third-order valence-corrected chi connectivity index (χ3v) is 3.41. The summed E-state index contributed by atoms with van der Waals surface area (Å²) in [6.07, 6.45) is 3.72. The SMILES string of the molecule is O=C(Cc1cccnc1)c1nscc1Br. The number of aromatic nitrogens is 2. The van der Waals surface area contributed by atoms with Crippen molar-refractivity contribution < 1.29 is 4.79 Å². The first-order valence-corrected chi connectivity index (χ1v) is 5.92. The van der Waals surface area contributed by atoms with Gasteiger partial charge in [-0.05, 0) is 39.1 Å². The van der Waals surface area contributed by atoms with Gasteiger partial charge in [-0.1, -0.05) is 6.07 Å². The second kappa shape index (κ2) is 4.63. The van der Waals surface area contributed by atoms with Gasteiger partial charge in [-0.3, -0.25) is 9.78 Å². The van der Waals surface area contributed by atoms with Crippen LogP contribution in [0.3, 0.4) is 0 Å². The molecule has 5 heteroatoms. The number of pyridine rings is 1. The summed E-state index contributed by atoms with van der Waals surface area (Å²) >= 11 is 4.56. The van der Waals surface area contributed by atoms with Crippen molar-refractivity contribution in [2.24, 2.45) is 0 Å². The third kappa shape index (κ3) is 2.49. The van der Waals surface area contributed by atoms with Gasteiger partial charge < -0.3 is 0 Å². The molecule has 0 amide bonds. The van der Waals surface area contributed by atoms with Gasteiger partial charge in [0, 0.05) is 24.2 Å². The van der Waals surface area contributed by atoms with Crippen molar-refractivity contribution in [1.82, 2.24) is 9.36 Å². The second-order valence-corrected chi connectivity index (χ2v) is 4.46. The average Bonchev–Trinajstić information content (AvgIpc) is 2.66. The van der Waals surface area contributed by atoms with E-state index >= 15 is 0 Å². The lowest BCUT2D eigenvalue weighted by Gasteiger charge is -1.97. The summed E-state index contributed by atoms with van der Waals surface area (Å²) in [4.78, 5) is 15.7. The standard InChI is InChI=1S/C10H7BrN2OS/c11-8-6-15-13-10(8)9(14)4-7-2-1-3-12-5-7/h1-3,5-6H,4H2. The molecule has 0 bridgehead atoms. The minimum atomic E-state index is 0.0103. The molecular weight excluding hydrogens is 276 g/mol. The lowest BCUT2D eigenvalue weighted by Crippen LogP contribution is -2.04. The fourth-order valence-electron chi connectivity index (χ4n) is 1.18. The monoisotopic (exact) mass is 282 g/mol. The molecule has 15 heavy (non-hydrogen) atoms. The maximum atomic E-state index is 11.8. The molecule has 2 aromatic heterocycles. The second-order valence-electron chi connectivity index (χ2n) is 2.97. The van der Waals surface area contributed by atoms with Gasteiger partial charge in [-0.15, -0.1) is 0 Å². The van der Waals surface area contributed by atoms with E-state index in [1.807, 2.05) is 12.1 Å². The summed E-state index contributed by atoms with van der Waals surface area (Å²) < 4.78 is 4.80. The van der Waals surface area contributed by atoms with Crippen molar-refractivity contribution >= 4 is 33.2 Å². The molecule has 0 aliphatic heterocycles. The maximum absolute atomic E-state index is 11.8. The Kier molecular flexibility index (Phi) is 3.23. The molecule has 0 saturated heterocycles. The van der Waals surface area contributed by atoms with Crippen molar-refractivity contribution in [3.8, 4) is 0 Å². The Labute approximate surface area is 99.5 Å². The van der Waals surface area contributed by atoms with Crippen molar-refractivity contribution in [1.29, 1.82) is 0 Å². The largest absolute Gasteiger partial charge is 0.292 e. The van der Waals surface area contributed by atoms with Crippen LogP contribution in [0.5, 0.6) is 0 Å². The van der Waals surface area contributed by atoms with E-state index < -0.39 is 0 Å². The molecule has 3 nitrogen and oxygen atoms in total. The van der Waals surface area contributed by atoms with E-state index in [1.165, 1.54) is 11.5 Å². The van der Waals surface area contributed by atoms with E-state index in [4.69, 9.17) is 0 Å². The fraction of sp³-hybridized carbons (Fsp3) is 0.100. The van der Waals surface area contributed by atoms with Crippen LogP contribution >= 0.6 is 27.5 Å². The van der Waals surface area contributed by atoms with E-state index in [2.05, 4.69) is 25.3 Å². The van der Waals surface area contributed by atoms with E-state index in [0.717, 1.165) is 10.0 Å². The number of carbonyl (C=O) groups is 1. The summed E-state index contributed by atoms with van der Waals surface area (Å²) in [5, 5.41) is 1.80. The Morgan fingerprint density at radius 1 is 1.53 bits per heavy atom. The Morgan fingerprint density at radius 2 is 2.40 bits per heavy atom. The zero-order chi connectivity index (χ0) is 10.7. The summed E-state index contributed by atoms with van der Waals surface area (Å²) in [6.45, 7) is 0. The fourth-order valence-corrected chi connectivity index (χ4v) is 2.42. The molecule has 0 aliphatic rings. The van der Waals surface area contributed by atoms with E-state index in [-0.39, 0.29) is 5.78 Å². The smallest absolute Gasteiger partial charge is 0.187 e. The molecule has 2 rings (SSSR count). The normalized spacial score (nSPS) is 10.2. The lowest BCUT2D eigenvalue weighted by molar-refractivity contribution is 0.0988. The molecule has 0 aliphatic carbocycles. The van der Waals surface area contributed by atoms with Crippen LogP contribution in [0.2, 0.25) is 0 Å². The lowest BCUT2D eigenvalue weighted by atomic mass is 10.1. The number of nitrogens with zero attached hydrogens (tertiary/aromatic N) is 2. The Morgan fingerprint density at radius 3 is 3.00 bits per heavy atom. The predicted octanol–water partition coefficient (Wildman–Crippen LogP) is 2.73. The van der Waals surface area contributed by atoms with Gasteiger partial charge in [0.2, 0.25) is 0 Å². The zero-order valence-electron chi connectivity index (χ0n) is 7.68. The average molecular weight is 283 g/mol. The van der Waals surface area contributed by atoms with Crippen molar-refractivity contribution in [3.05, 3.63) is 45.6 Å². The van der Waals surface area contributed by atoms with E-state index in [9.17, 15) is 4.79 Å². The van der Waals surface area contributed by atoms with E-state index in [1.54, 1.807) is 17.8 Å². The van der Waals surface area contributed by atoms with Gasteiger partial charge in [-0.25, -0.2) is 0 Å². The molecular formula is C10H7BrN2OS. The van der Waals surface area contributed by atoms with Gasteiger partial charge in [0.15, 0.2) is 5.78 Å². The van der Waals surface area contributed by atoms with Crippen LogP contribution in [0.1, 0.15) is 16.1 Å². The first-order chi connectivity index (χ1) is 7.27. The molecule has 76 valence electrons. The minimum absolute atomic E-state index is 0.0103. The summed E-state index contributed by atoms with van der Waals surface area (Å²) in [6, 6.07) is 3.70. The number of hydrogen-bond donors (Lipinski definition) is 0. The Bertz CT molecular complexity index is 469. The first kappa shape index (κ1) is 10.4. The van der Waals surface area contributed by atoms with Gasteiger partial charge in [-0.2, -0.15) is 4.37 Å². The van der Waals surface area contributed by atoms with Crippen molar-refractivity contribution in [3.63, 3.8) is 0 Å². The number of hydrogen-bond acceptors (Lipinski definition) is 4. The van der Waals surface area contributed by atoms with Gasteiger partial charge in [0.05, 0.1) is 4.47 Å². The highest BCUT2D eigenvalue weighted by atomic mass is 79.9. The maximum Gasteiger partial charge on any atom is 0.187 e. The number of rotatable bonds is 3. The predicted molar refractivity (Wildman–Crippen MR) is 62.1 cm³/mol. The molecule has 0 N–H and O–H groups in total. The number of halogens is 1. The molecule has 2 heterocycles. The molecule has 0 unspecified atom stereocenters. The zero-order valence-corrected chi connectivity index (χ0v) is 10.1. The number of carbonyl (C=O) groups excluding carboxylic acids is 1. The quantitative estimate of drug-likeness (QED) is 0.813. The molecule has 0 saturated carbocycles. The van der Waals surface area contributed by atoms with Crippen LogP contribution in [0.4, 0.5) is 0 Å². The summed E-state index contributed by atoms with van der Waals surface area (Å²) in [5.74, 6) is 0.0103. The molecule has 2 aromatic rings. The van der Waals surface area contributed by atoms with Gasteiger partial charge >= 0.3 is 0 Å². The Balaban J connectivity index is 2.15. The van der Waals surface area contributed by atoms with Crippen LogP contribution in [-0.4, -0.2) is 15.1 Å². The highest BCUT2D eigenvalue weighted by Gasteiger charge is 2.13. The molecule has 0 fully saturated rings. The molecule has 0 atom stereocenters. The van der Waals surface area contributed by atoms with Crippen LogP contribution in [0.15, 0.2) is 34.4 Å². The number of ketones is 1. The molecule has 0 aromatic carbocycles. The van der Waals surface area contributed by atoms with Crippen LogP contribution in [0.25, 0.3) is 0 Å². The van der Waals surface area contributed by atoms with Crippen LogP contribution in [0, 0.1) is 0 Å². The molecule has 0 radical (unpaired) electrons. The summed E-state index contributed by atoms with van der Waals surface area (Å²) in [7, 11) is 0. The third-order valence-electron chi connectivity index (χ3n) is 1.88. The van der Waals surface area contributed by atoms with Crippen molar-refractivity contribution in [2.45, 2.75) is 6.42 Å². The van der Waals surface area contributed by atoms with E-state index in [0.29, 0.717) is 12.1 Å². The highest BCUT2D eigenvalue weighted by molar-refractivity contribution is 9.10.